The summed E-state index contributed by atoms with van der Waals surface area (Å²) < 4.78 is 0. The quantitative estimate of drug-likeness (QED) is 0.682. The molecule has 0 heterocycles. The van der Waals surface area contributed by atoms with Gasteiger partial charge in [0.25, 0.3) is 5.91 Å². The van der Waals surface area contributed by atoms with Crippen molar-refractivity contribution in [2.75, 3.05) is 17.3 Å². The van der Waals surface area contributed by atoms with Gasteiger partial charge in [-0.05, 0) is 44.0 Å². The molecule has 2 rings (SSSR count). The lowest BCUT2D eigenvalue weighted by molar-refractivity contribution is -0.112. The number of amides is 1. The monoisotopic (exact) mass is 319 g/mol. The number of carbonyl (C=O) groups is 1. The zero-order valence-corrected chi connectivity index (χ0v) is 14.4. The van der Waals surface area contributed by atoms with Crippen molar-refractivity contribution in [1.82, 2.24) is 0 Å². The fraction of sp³-hybridized carbons (Fsp3) is 0.200. The third-order valence-electron chi connectivity index (χ3n) is 3.77. The van der Waals surface area contributed by atoms with Crippen LogP contribution in [0.2, 0.25) is 0 Å². The minimum Gasteiger partial charge on any atom is -0.350 e. The first kappa shape index (κ1) is 17.3. The van der Waals surface area contributed by atoms with Gasteiger partial charge in [0.05, 0.1) is 0 Å². The van der Waals surface area contributed by atoms with Crippen molar-refractivity contribution in [3.63, 3.8) is 0 Å². The Balaban J connectivity index is 2.24. The van der Waals surface area contributed by atoms with Gasteiger partial charge in [-0.25, -0.2) is 0 Å². The SMILES string of the molecule is Cc1cc(C)c(NC(=O)/C(C#N)=C\N(C)c2ccccc2)c(C)c1. The molecular formula is C20H21N3O. The normalized spacial score (nSPS) is 10.9. The summed E-state index contributed by atoms with van der Waals surface area (Å²) in [6, 6.07) is 15.6. The van der Waals surface area contributed by atoms with Gasteiger partial charge in [-0.2, -0.15) is 5.26 Å². The summed E-state index contributed by atoms with van der Waals surface area (Å²) in [5.41, 5.74) is 4.82. The van der Waals surface area contributed by atoms with E-state index in [-0.39, 0.29) is 5.57 Å². The molecule has 0 aliphatic carbocycles. The first-order valence-electron chi connectivity index (χ1n) is 7.71. The molecule has 2 aromatic rings. The highest BCUT2D eigenvalue weighted by Crippen LogP contribution is 2.22. The first-order valence-corrected chi connectivity index (χ1v) is 7.71. The molecule has 0 saturated carbocycles. The Kier molecular flexibility index (Phi) is 5.39. The highest BCUT2D eigenvalue weighted by Gasteiger charge is 2.13. The molecular weight excluding hydrogens is 298 g/mol. The van der Waals surface area contributed by atoms with Crippen LogP contribution in [0.5, 0.6) is 0 Å². The first-order chi connectivity index (χ1) is 11.4. The van der Waals surface area contributed by atoms with Crippen molar-refractivity contribution in [3.05, 3.63) is 70.9 Å². The fourth-order valence-electron chi connectivity index (χ4n) is 2.63. The number of rotatable bonds is 4. The largest absolute Gasteiger partial charge is 0.350 e. The van der Waals surface area contributed by atoms with E-state index in [1.54, 1.807) is 11.1 Å². The van der Waals surface area contributed by atoms with Crippen molar-refractivity contribution < 1.29 is 4.79 Å². The lowest BCUT2D eigenvalue weighted by Gasteiger charge is -2.16. The van der Waals surface area contributed by atoms with Crippen molar-refractivity contribution in [3.8, 4) is 6.07 Å². The van der Waals surface area contributed by atoms with Crippen molar-refractivity contribution >= 4 is 17.3 Å². The van der Waals surface area contributed by atoms with E-state index in [0.29, 0.717) is 0 Å². The van der Waals surface area contributed by atoms with E-state index in [1.165, 1.54) is 0 Å². The second-order valence-corrected chi connectivity index (χ2v) is 5.83. The van der Waals surface area contributed by atoms with Crippen LogP contribution in [0.3, 0.4) is 0 Å². The van der Waals surface area contributed by atoms with Gasteiger partial charge in [-0.3, -0.25) is 4.79 Å². The summed E-state index contributed by atoms with van der Waals surface area (Å²) in [6.07, 6.45) is 1.55. The van der Waals surface area contributed by atoms with E-state index in [2.05, 4.69) is 5.32 Å². The summed E-state index contributed by atoms with van der Waals surface area (Å²) in [6.45, 7) is 5.91. The van der Waals surface area contributed by atoms with Crippen LogP contribution in [0.25, 0.3) is 0 Å². The number of benzene rings is 2. The predicted molar refractivity (Wildman–Crippen MR) is 97.8 cm³/mol. The van der Waals surface area contributed by atoms with Crippen LogP contribution in [-0.2, 0) is 4.79 Å². The zero-order chi connectivity index (χ0) is 17.7. The van der Waals surface area contributed by atoms with E-state index in [0.717, 1.165) is 28.1 Å². The van der Waals surface area contributed by atoms with Crippen LogP contribution in [0, 0.1) is 32.1 Å². The lowest BCUT2D eigenvalue weighted by Crippen LogP contribution is -2.19. The molecule has 4 nitrogen and oxygen atoms in total. The third kappa shape index (κ3) is 4.02. The Bertz CT molecular complexity index is 794. The number of nitrogens with zero attached hydrogens (tertiary/aromatic N) is 2. The molecule has 0 bridgehead atoms. The maximum atomic E-state index is 12.5. The molecule has 0 aromatic heterocycles. The van der Waals surface area contributed by atoms with Gasteiger partial charge < -0.3 is 10.2 Å². The van der Waals surface area contributed by atoms with Gasteiger partial charge in [-0.1, -0.05) is 35.9 Å². The van der Waals surface area contributed by atoms with Crippen molar-refractivity contribution in [1.29, 1.82) is 5.26 Å². The Morgan fingerprint density at radius 2 is 1.71 bits per heavy atom. The van der Waals surface area contributed by atoms with E-state index in [1.807, 2.05) is 76.4 Å². The molecule has 2 aromatic carbocycles. The number of anilines is 2. The molecule has 1 N–H and O–H groups in total. The molecule has 0 aliphatic heterocycles. The third-order valence-corrected chi connectivity index (χ3v) is 3.77. The average molecular weight is 319 g/mol. The smallest absolute Gasteiger partial charge is 0.267 e. The molecule has 4 heteroatoms. The summed E-state index contributed by atoms with van der Waals surface area (Å²) >= 11 is 0. The number of aryl methyl sites for hydroxylation is 3. The van der Waals surface area contributed by atoms with E-state index in [4.69, 9.17) is 0 Å². The molecule has 24 heavy (non-hydrogen) atoms. The molecule has 122 valence electrons. The van der Waals surface area contributed by atoms with Crippen molar-refractivity contribution in [2.24, 2.45) is 0 Å². The van der Waals surface area contributed by atoms with E-state index < -0.39 is 5.91 Å². The second kappa shape index (κ2) is 7.47. The second-order valence-electron chi connectivity index (χ2n) is 5.83. The number of hydrogen-bond acceptors (Lipinski definition) is 3. The lowest BCUT2D eigenvalue weighted by atomic mass is 10.0. The average Bonchev–Trinajstić information content (AvgIpc) is 2.56. The summed E-state index contributed by atoms with van der Waals surface area (Å²) in [5, 5.41) is 12.2. The van der Waals surface area contributed by atoms with Gasteiger partial charge >= 0.3 is 0 Å². The standard InChI is InChI=1S/C20H21N3O/c1-14-10-15(2)19(16(3)11-14)22-20(24)17(12-21)13-23(4)18-8-6-5-7-9-18/h5-11,13H,1-4H3,(H,22,24)/b17-13-. The Labute approximate surface area is 143 Å². The maximum absolute atomic E-state index is 12.5. The van der Waals surface area contributed by atoms with Gasteiger partial charge in [0, 0.05) is 24.6 Å². The number of para-hydroxylation sites is 1. The molecule has 0 radical (unpaired) electrons. The number of hydrogen-bond donors (Lipinski definition) is 1. The number of nitrogens with one attached hydrogen (secondary N) is 1. The Hall–Kier alpha value is -3.06. The van der Waals surface area contributed by atoms with Crippen LogP contribution in [0.15, 0.2) is 54.2 Å². The van der Waals surface area contributed by atoms with Crippen LogP contribution in [0.1, 0.15) is 16.7 Å². The molecule has 0 saturated heterocycles. The van der Waals surface area contributed by atoms with E-state index >= 15 is 0 Å². The topological polar surface area (TPSA) is 56.1 Å². The van der Waals surface area contributed by atoms with Gasteiger partial charge in [-0.15, -0.1) is 0 Å². The molecule has 0 fully saturated rings. The molecule has 0 aliphatic rings. The van der Waals surface area contributed by atoms with Crippen LogP contribution >= 0.6 is 0 Å². The Morgan fingerprint density at radius 3 is 2.25 bits per heavy atom. The highest BCUT2D eigenvalue weighted by atomic mass is 16.1. The summed E-state index contributed by atoms with van der Waals surface area (Å²) in [5.74, 6) is -0.407. The minimum absolute atomic E-state index is 0.0562. The summed E-state index contributed by atoms with van der Waals surface area (Å²) in [4.78, 5) is 14.2. The number of carbonyl (C=O) groups excluding carboxylic acids is 1. The Morgan fingerprint density at radius 1 is 1.12 bits per heavy atom. The minimum atomic E-state index is -0.407. The van der Waals surface area contributed by atoms with Gasteiger partial charge in [0.1, 0.15) is 11.6 Å². The van der Waals surface area contributed by atoms with Crippen molar-refractivity contribution in [2.45, 2.75) is 20.8 Å². The molecule has 0 spiro atoms. The van der Waals surface area contributed by atoms with Gasteiger partial charge in [0.15, 0.2) is 0 Å². The molecule has 1 amide bonds. The maximum Gasteiger partial charge on any atom is 0.267 e. The van der Waals surface area contributed by atoms with E-state index in [9.17, 15) is 10.1 Å². The van der Waals surface area contributed by atoms with Gasteiger partial charge in [0.2, 0.25) is 0 Å². The van der Waals surface area contributed by atoms with Crippen LogP contribution in [0.4, 0.5) is 11.4 Å². The predicted octanol–water partition coefficient (Wildman–Crippen LogP) is 4.09. The fourth-order valence-corrected chi connectivity index (χ4v) is 2.63. The molecule has 0 atom stereocenters. The molecule has 0 unspecified atom stereocenters. The van der Waals surface area contributed by atoms with Crippen LogP contribution in [-0.4, -0.2) is 13.0 Å². The summed E-state index contributed by atoms with van der Waals surface area (Å²) in [7, 11) is 1.81. The van der Waals surface area contributed by atoms with Crippen LogP contribution < -0.4 is 10.2 Å². The highest BCUT2D eigenvalue weighted by molar-refractivity contribution is 6.07. The zero-order valence-electron chi connectivity index (χ0n) is 14.4. The number of nitriles is 1.